The molecule has 6 heteroatoms. The molecule has 0 saturated heterocycles. The average Bonchev–Trinajstić information content (AvgIpc) is 3.01. The number of thioether (sulfide) groups is 1. The zero-order valence-electron chi connectivity index (χ0n) is 14.5. The maximum absolute atomic E-state index is 12.4. The molecule has 0 bridgehead atoms. The molecule has 1 heterocycles. The first kappa shape index (κ1) is 17.2. The van der Waals surface area contributed by atoms with Crippen molar-refractivity contribution in [3.8, 4) is 11.4 Å². The number of anilines is 1. The quantitative estimate of drug-likeness (QED) is 0.659. The molecule has 0 aliphatic rings. The van der Waals surface area contributed by atoms with Gasteiger partial charge in [0, 0.05) is 25.3 Å². The van der Waals surface area contributed by atoms with Crippen molar-refractivity contribution >= 4 is 23.4 Å². The van der Waals surface area contributed by atoms with Gasteiger partial charge in [-0.1, -0.05) is 59.8 Å². The smallest absolute Gasteiger partial charge is 0.237 e. The van der Waals surface area contributed by atoms with Gasteiger partial charge in [-0.3, -0.25) is 4.79 Å². The average molecular weight is 352 g/mol. The van der Waals surface area contributed by atoms with E-state index >= 15 is 0 Å². The number of aromatic nitrogens is 3. The maximum Gasteiger partial charge on any atom is 0.237 e. The van der Waals surface area contributed by atoms with Crippen LogP contribution in [0.4, 0.5) is 5.69 Å². The molecule has 1 amide bonds. The summed E-state index contributed by atoms with van der Waals surface area (Å²) in [6.07, 6.45) is 0. The van der Waals surface area contributed by atoms with Crippen LogP contribution in [0.5, 0.6) is 0 Å². The van der Waals surface area contributed by atoms with E-state index < -0.39 is 0 Å². The van der Waals surface area contributed by atoms with Crippen LogP contribution in [0.1, 0.15) is 5.56 Å². The van der Waals surface area contributed by atoms with Gasteiger partial charge in [-0.2, -0.15) is 0 Å². The van der Waals surface area contributed by atoms with E-state index in [2.05, 4.69) is 29.3 Å². The Morgan fingerprint density at radius 2 is 1.76 bits per heavy atom. The van der Waals surface area contributed by atoms with Crippen molar-refractivity contribution < 1.29 is 4.79 Å². The standard InChI is InChI=1S/C19H20N4OS/c1-14-9-11-15(12-10-14)18-20-21-19(23(18)3)25-13-17(24)22(2)16-7-5-4-6-8-16/h4-12H,13H2,1-3H3. The molecule has 128 valence electrons. The van der Waals surface area contributed by atoms with Gasteiger partial charge in [0.1, 0.15) is 0 Å². The molecule has 3 aromatic rings. The fraction of sp³-hybridized carbons (Fsp3) is 0.211. The molecule has 0 atom stereocenters. The van der Waals surface area contributed by atoms with Crippen LogP contribution in [0, 0.1) is 6.92 Å². The topological polar surface area (TPSA) is 51.0 Å². The van der Waals surface area contributed by atoms with Crippen LogP contribution in [0.25, 0.3) is 11.4 Å². The minimum Gasteiger partial charge on any atom is -0.315 e. The molecule has 0 unspecified atom stereocenters. The summed E-state index contributed by atoms with van der Waals surface area (Å²) in [7, 11) is 3.70. The first-order chi connectivity index (χ1) is 12.1. The monoisotopic (exact) mass is 352 g/mol. The van der Waals surface area contributed by atoms with E-state index in [4.69, 9.17) is 0 Å². The van der Waals surface area contributed by atoms with Crippen molar-refractivity contribution in [3.63, 3.8) is 0 Å². The Kier molecular flexibility index (Phi) is 5.19. The number of carbonyl (C=O) groups is 1. The van der Waals surface area contributed by atoms with E-state index in [0.29, 0.717) is 5.75 Å². The lowest BCUT2D eigenvalue weighted by Gasteiger charge is -2.16. The van der Waals surface area contributed by atoms with Gasteiger partial charge in [-0.15, -0.1) is 10.2 Å². The van der Waals surface area contributed by atoms with E-state index in [9.17, 15) is 4.79 Å². The number of aryl methyl sites for hydroxylation is 1. The van der Waals surface area contributed by atoms with Crippen molar-refractivity contribution in [1.29, 1.82) is 0 Å². The maximum atomic E-state index is 12.4. The minimum absolute atomic E-state index is 0.0242. The number of carbonyl (C=O) groups excluding carboxylic acids is 1. The summed E-state index contributed by atoms with van der Waals surface area (Å²) >= 11 is 1.39. The van der Waals surface area contributed by atoms with Gasteiger partial charge in [0.25, 0.3) is 0 Å². The van der Waals surface area contributed by atoms with Crippen LogP contribution in [0.3, 0.4) is 0 Å². The second kappa shape index (κ2) is 7.53. The molecule has 0 aliphatic heterocycles. The number of hydrogen-bond acceptors (Lipinski definition) is 4. The summed E-state index contributed by atoms with van der Waals surface area (Å²) in [5.41, 5.74) is 3.10. The summed E-state index contributed by atoms with van der Waals surface area (Å²) in [6.45, 7) is 2.05. The highest BCUT2D eigenvalue weighted by Gasteiger charge is 2.15. The van der Waals surface area contributed by atoms with Crippen LogP contribution in [0.15, 0.2) is 59.8 Å². The van der Waals surface area contributed by atoms with Crippen molar-refractivity contribution in [2.75, 3.05) is 17.7 Å². The van der Waals surface area contributed by atoms with E-state index in [1.807, 2.05) is 54.1 Å². The molecule has 0 N–H and O–H groups in total. The first-order valence-electron chi connectivity index (χ1n) is 7.97. The number of benzene rings is 2. The molecule has 0 spiro atoms. The predicted molar refractivity (Wildman–Crippen MR) is 102 cm³/mol. The van der Waals surface area contributed by atoms with Crippen molar-refractivity contribution in [2.24, 2.45) is 7.05 Å². The molecular formula is C19H20N4OS. The van der Waals surface area contributed by atoms with Crippen LogP contribution >= 0.6 is 11.8 Å². The lowest BCUT2D eigenvalue weighted by molar-refractivity contribution is -0.115. The SMILES string of the molecule is Cc1ccc(-c2nnc(SCC(=O)N(C)c3ccccc3)n2C)cc1. The molecule has 1 aromatic heterocycles. The largest absolute Gasteiger partial charge is 0.315 e. The van der Waals surface area contributed by atoms with Gasteiger partial charge in [0.05, 0.1) is 5.75 Å². The van der Waals surface area contributed by atoms with Crippen LogP contribution in [0.2, 0.25) is 0 Å². The molecule has 25 heavy (non-hydrogen) atoms. The molecular weight excluding hydrogens is 332 g/mol. The van der Waals surface area contributed by atoms with Gasteiger partial charge in [0.2, 0.25) is 5.91 Å². The Balaban J connectivity index is 1.68. The second-order valence-corrected chi connectivity index (χ2v) is 6.75. The Morgan fingerprint density at radius 1 is 1.08 bits per heavy atom. The van der Waals surface area contributed by atoms with Crippen LogP contribution < -0.4 is 4.90 Å². The van der Waals surface area contributed by atoms with Crippen molar-refractivity contribution in [3.05, 3.63) is 60.2 Å². The zero-order chi connectivity index (χ0) is 17.8. The van der Waals surface area contributed by atoms with Gasteiger partial charge in [-0.25, -0.2) is 0 Å². The third-order valence-corrected chi connectivity index (χ3v) is 4.99. The molecule has 0 aliphatic carbocycles. The van der Waals surface area contributed by atoms with E-state index in [-0.39, 0.29) is 5.91 Å². The van der Waals surface area contributed by atoms with Gasteiger partial charge < -0.3 is 9.47 Å². The lowest BCUT2D eigenvalue weighted by Crippen LogP contribution is -2.27. The summed E-state index contributed by atoms with van der Waals surface area (Å²) in [6, 6.07) is 17.8. The lowest BCUT2D eigenvalue weighted by atomic mass is 10.1. The normalized spacial score (nSPS) is 10.7. The fourth-order valence-corrected chi connectivity index (χ4v) is 3.24. The predicted octanol–water partition coefficient (Wildman–Crippen LogP) is 3.55. The Bertz CT molecular complexity index is 859. The van der Waals surface area contributed by atoms with Crippen molar-refractivity contribution in [1.82, 2.24) is 14.8 Å². The molecule has 3 rings (SSSR count). The van der Waals surface area contributed by atoms with Crippen LogP contribution in [-0.2, 0) is 11.8 Å². The summed E-state index contributed by atoms with van der Waals surface area (Å²) in [5, 5.41) is 9.21. The van der Waals surface area contributed by atoms with E-state index in [1.54, 1.807) is 11.9 Å². The van der Waals surface area contributed by atoms with Crippen LogP contribution in [-0.4, -0.2) is 33.5 Å². The number of nitrogens with zero attached hydrogens (tertiary/aromatic N) is 4. The molecule has 0 saturated carbocycles. The fourth-order valence-electron chi connectivity index (χ4n) is 2.41. The summed E-state index contributed by atoms with van der Waals surface area (Å²) in [5.74, 6) is 1.13. The van der Waals surface area contributed by atoms with Gasteiger partial charge in [0.15, 0.2) is 11.0 Å². The Hall–Kier alpha value is -2.60. The highest BCUT2D eigenvalue weighted by molar-refractivity contribution is 7.99. The van der Waals surface area contributed by atoms with Gasteiger partial charge >= 0.3 is 0 Å². The minimum atomic E-state index is 0.0242. The molecule has 2 aromatic carbocycles. The molecule has 5 nitrogen and oxygen atoms in total. The van der Waals surface area contributed by atoms with Crippen molar-refractivity contribution in [2.45, 2.75) is 12.1 Å². The van der Waals surface area contributed by atoms with E-state index in [1.165, 1.54) is 17.3 Å². The Labute approximate surface area is 151 Å². The third-order valence-electron chi connectivity index (χ3n) is 3.99. The number of amides is 1. The summed E-state index contributed by atoms with van der Waals surface area (Å²) in [4.78, 5) is 14.0. The third kappa shape index (κ3) is 3.91. The number of hydrogen-bond donors (Lipinski definition) is 0. The number of rotatable bonds is 5. The number of para-hydroxylation sites is 1. The summed E-state index contributed by atoms with van der Waals surface area (Å²) < 4.78 is 1.92. The zero-order valence-corrected chi connectivity index (χ0v) is 15.3. The molecule has 0 radical (unpaired) electrons. The second-order valence-electron chi connectivity index (χ2n) is 5.81. The molecule has 0 fully saturated rings. The first-order valence-corrected chi connectivity index (χ1v) is 8.95. The van der Waals surface area contributed by atoms with Gasteiger partial charge in [-0.05, 0) is 19.1 Å². The van der Waals surface area contributed by atoms with E-state index in [0.717, 1.165) is 22.2 Å². The highest BCUT2D eigenvalue weighted by atomic mass is 32.2. The highest BCUT2D eigenvalue weighted by Crippen LogP contribution is 2.23. The Morgan fingerprint density at radius 3 is 2.44 bits per heavy atom.